The molecule has 1 aliphatic carbocycles. The van der Waals surface area contributed by atoms with E-state index in [1.807, 2.05) is 13.0 Å². The second-order valence-electron chi connectivity index (χ2n) is 6.58. The minimum Gasteiger partial charge on any atom is -0.459 e. The zero-order valence-electron chi connectivity index (χ0n) is 12.0. The topological polar surface area (TPSA) is 36.7 Å². The van der Waals surface area contributed by atoms with Crippen LogP contribution < -0.4 is 0 Å². The average molecular weight is 274 g/mol. The number of amides is 1. The number of fused-ring (bicyclic) bond motifs is 1. The third kappa shape index (κ3) is 1.97. The molecular weight excluding hydrogens is 252 g/mol. The molecule has 1 amide bonds. The molecule has 4 rings (SSSR count). The van der Waals surface area contributed by atoms with E-state index in [-0.39, 0.29) is 5.91 Å². The lowest BCUT2D eigenvalue weighted by Crippen LogP contribution is -2.40. The maximum absolute atomic E-state index is 12.6. The van der Waals surface area contributed by atoms with E-state index in [4.69, 9.17) is 4.42 Å². The molecule has 2 atom stereocenters. The first-order chi connectivity index (χ1) is 9.74. The van der Waals surface area contributed by atoms with Gasteiger partial charge >= 0.3 is 0 Å². The monoisotopic (exact) mass is 274 g/mol. The second kappa shape index (κ2) is 4.62. The molecule has 0 bridgehead atoms. The first-order valence-corrected chi connectivity index (χ1v) is 7.83. The van der Waals surface area contributed by atoms with Crippen molar-refractivity contribution < 1.29 is 9.21 Å². The molecule has 4 nitrogen and oxygen atoms in total. The van der Waals surface area contributed by atoms with E-state index in [1.165, 1.54) is 19.4 Å². The van der Waals surface area contributed by atoms with Gasteiger partial charge in [-0.3, -0.25) is 9.69 Å². The highest BCUT2D eigenvalue weighted by Gasteiger charge is 2.46. The first kappa shape index (κ1) is 12.5. The van der Waals surface area contributed by atoms with Crippen LogP contribution in [-0.4, -0.2) is 47.4 Å². The fourth-order valence-corrected chi connectivity index (χ4v) is 3.91. The molecule has 3 fully saturated rings. The quantitative estimate of drug-likeness (QED) is 0.848. The molecule has 3 heterocycles. The average Bonchev–Trinajstić information content (AvgIpc) is 2.85. The Bertz CT molecular complexity index is 520. The Hall–Kier alpha value is -1.29. The lowest BCUT2D eigenvalue weighted by Gasteiger charge is -2.25. The van der Waals surface area contributed by atoms with Gasteiger partial charge in [-0.05, 0) is 44.6 Å². The molecule has 4 heteroatoms. The van der Waals surface area contributed by atoms with Gasteiger partial charge in [-0.2, -0.15) is 0 Å². The Kier molecular flexibility index (Phi) is 2.88. The van der Waals surface area contributed by atoms with E-state index in [1.54, 1.807) is 6.26 Å². The number of aryl methyl sites for hydroxylation is 1. The van der Waals surface area contributed by atoms with Crippen molar-refractivity contribution in [1.82, 2.24) is 9.80 Å². The summed E-state index contributed by atoms with van der Waals surface area (Å²) in [5, 5.41) is 0. The van der Waals surface area contributed by atoms with Crippen molar-refractivity contribution >= 4 is 5.91 Å². The Morgan fingerprint density at radius 1 is 1.25 bits per heavy atom. The maximum Gasteiger partial charge on any atom is 0.290 e. The second-order valence-corrected chi connectivity index (χ2v) is 6.58. The molecule has 0 radical (unpaired) electrons. The maximum atomic E-state index is 12.6. The molecule has 2 aliphatic heterocycles. The van der Waals surface area contributed by atoms with Crippen molar-refractivity contribution in [3.05, 3.63) is 23.7 Å². The van der Waals surface area contributed by atoms with Crippen LogP contribution in [0.25, 0.3) is 0 Å². The van der Waals surface area contributed by atoms with Gasteiger partial charge in [-0.1, -0.05) is 0 Å². The molecular formula is C16H22N2O2. The van der Waals surface area contributed by atoms with Crippen molar-refractivity contribution in [2.75, 3.05) is 19.6 Å². The molecule has 1 saturated carbocycles. The smallest absolute Gasteiger partial charge is 0.290 e. The van der Waals surface area contributed by atoms with Gasteiger partial charge in [0.15, 0.2) is 5.76 Å². The van der Waals surface area contributed by atoms with E-state index in [0.29, 0.717) is 17.8 Å². The van der Waals surface area contributed by atoms with E-state index in [0.717, 1.165) is 37.4 Å². The fraction of sp³-hybridized carbons (Fsp3) is 0.688. The molecule has 0 unspecified atom stereocenters. The molecule has 0 aromatic carbocycles. The van der Waals surface area contributed by atoms with E-state index < -0.39 is 0 Å². The number of likely N-dealkylation sites (tertiary alicyclic amines) is 2. The number of carbonyl (C=O) groups is 1. The highest BCUT2D eigenvalue weighted by Crippen LogP contribution is 2.37. The highest BCUT2D eigenvalue weighted by molar-refractivity contribution is 5.93. The Balaban J connectivity index is 1.48. The van der Waals surface area contributed by atoms with Crippen LogP contribution in [0, 0.1) is 12.8 Å². The van der Waals surface area contributed by atoms with Crippen LogP contribution in [0.1, 0.15) is 41.8 Å². The van der Waals surface area contributed by atoms with Crippen LogP contribution >= 0.6 is 0 Å². The van der Waals surface area contributed by atoms with Gasteiger partial charge in [0.2, 0.25) is 0 Å². The summed E-state index contributed by atoms with van der Waals surface area (Å²) < 4.78 is 5.38. The van der Waals surface area contributed by atoms with E-state index in [2.05, 4.69) is 9.80 Å². The summed E-state index contributed by atoms with van der Waals surface area (Å²) in [5.74, 6) is 1.56. The zero-order chi connectivity index (χ0) is 13.7. The van der Waals surface area contributed by atoms with Crippen LogP contribution in [0.15, 0.2) is 16.7 Å². The number of nitrogens with zero attached hydrogens (tertiary/aromatic N) is 2. The van der Waals surface area contributed by atoms with Crippen molar-refractivity contribution in [2.24, 2.45) is 5.92 Å². The van der Waals surface area contributed by atoms with Crippen molar-refractivity contribution in [1.29, 1.82) is 0 Å². The Morgan fingerprint density at radius 2 is 2.05 bits per heavy atom. The summed E-state index contributed by atoms with van der Waals surface area (Å²) >= 11 is 0. The van der Waals surface area contributed by atoms with Crippen molar-refractivity contribution in [3.8, 4) is 0 Å². The summed E-state index contributed by atoms with van der Waals surface area (Å²) in [5.41, 5.74) is 0.950. The largest absolute Gasteiger partial charge is 0.459 e. The van der Waals surface area contributed by atoms with Gasteiger partial charge in [0, 0.05) is 37.3 Å². The summed E-state index contributed by atoms with van der Waals surface area (Å²) in [6, 6.07) is 2.87. The van der Waals surface area contributed by atoms with Gasteiger partial charge in [0.1, 0.15) is 0 Å². The minimum absolute atomic E-state index is 0.0910. The van der Waals surface area contributed by atoms with Crippen LogP contribution in [0.2, 0.25) is 0 Å². The highest BCUT2D eigenvalue weighted by atomic mass is 16.3. The van der Waals surface area contributed by atoms with Crippen LogP contribution in [0.4, 0.5) is 0 Å². The number of hydrogen-bond donors (Lipinski definition) is 0. The Morgan fingerprint density at radius 3 is 2.75 bits per heavy atom. The number of rotatable bonds is 3. The van der Waals surface area contributed by atoms with Gasteiger partial charge < -0.3 is 9.32 Å². The third-order valence-electron chi connectivity index (χ3n) is 5.20. The van der Waals surface area contributed by atoms with Crippen molar-refractivity contribution in [3.63, 3.8) is 0 Å². The van der Waals surface area contributed by atoms with E-state index >= 15 is 0 Å². The Labute approximate surface area is 119 Å². The molecule has 2 saturated heterocycles. The molecule has 108 valence electrons. The predicted octanol–water partition coefficient (Wildman–Crippen LogP) is 2.29. The summed E-state index contributed by atoms with van der Waals surface area (Å²) in [6.45, 7) is 5.24. The standard InChI is InChI=1S/C16H22N2O2/c1-11-6-9-20-15(11)16(19)18-8-5-13-14(18)4-7-17(13)10-12-2-3-12/h6,9,12-14H,2-5,7-8,10H2,1H3/t13-,14+/m1/s1. The van der Waals surface area contributed by atoms with Gasteiger partial charge in [-0.25, -0.2) is 0 Å². The van der Waals surface area contributed by atoms with Crippen LogP contribution in [0.5, 0.6) is 0 Å². The lowest BCUT2D eigenvalue weighted by molar-refractivity contribution is 0.0699. The summed E-state index contributed by atoms with van der Waals surface area (Å²) in [7, 11) is 0. The minimum atomic E-state index is 0.0910. The number of carbonyl (C=O) groups excluding carboxylic acids is 1. The molecule has 1 aromatic heterocycles. The molecule has 3 aliphatic rings. The lowest BCUT2D eigenvalue weighted by atomic mass is 10.1. The van der Waals surface area contributed by atoms with Crippen LogP contribution in [0.3, 0.4) is 0 Å². The SMILES string of the molecule is Cc1ccoc1C(=O)N1CC[C@@H]2[C@@H]1CCN2CC1CC1. The van der Waals surface area contributed by atoms with Gasteiger partial charge in [0.05, 0.1) is 6.26 Å². The zero-order valence-corrected chi connectivity index (χ0v) is 12.0. The van der Waals surface area contributed by atoms with E-state index in [9.17, 15) is 4.79 Å². The summed E-state index contributed by atoms with van der Waals surface area (Å²) in [6.07, 6.45) is 6.68. The summed E-state index contributed by atoms with van der Waals surface area (Å²) in [4.78, 5) is 17.3. The fourth-order valence-electron chi connectivity index (χ4n) is 3.91. The third-order valence-corrected chi connectivity index (χ3v) is 5.20. The number of hydrogen-bond acceptors (Lipinski definition) is 3. The normalized spacial score (nSPS) is 29.9. The molecule has 1 aromatic rings. The predicted molar refractivity (Wildman–Crippen MR) is 75.6 cm³/mol. The molecule has 0 N–H and O–H groups in total. The first-order valence-electron chi connectivity index (χ1n) is 7.83. The van der Waals surface area contributed by atoms with Crippen molar-refractivity contribution in [2.45, 2.75) is 44.7 Å². The molecule has 0 spiro atoms. The van der Waals surface area contributed by atoms with Crippen LogP contribution in [-0.2, 0) is 0 Å². The van der Waals surface area contributed by atoms with Gasteiger partial charge in [-0.15, -0.1) is 0 Å². The molecule has 20 heavy (non-hydrogen) atoms. The van der Waals surface area contributed by atoms with Gasteiger partial charge in [0.25, 0.3) is 5.91 Å². The number of furan rings is 1.